The third-order valence-corrected chi connectivity index (χ3v) is 1.84. The minimum Gasteiger partial charge on any atom is -0.0724 e. The molecule has 0 aliphatic rings. The fraction of sp³-hybridized carbons (Fsp3) is 1.00. The van der Waals surface area contributed by atoms with Gasteiger partial charge in [-0.25, -0.2) is 0 Å². The lowest BCUT2D eigenvalue weighted by atomic mass is 9.65. The van der Waals surface area contributed by atoms with Crippen LogP contribution in [0.4, 0.5) is 0 Å². The maximum Gasteiger partial charge on any atom is 0.0706 e. The van der Waals surface area contributed by atoms with Gasteiger partial charge in [-0.3, -0.25) is 0 Å². The minimum absolute atomic E-state index is 0.268. The Morgan fingerprint density at radius 3 is 1.70 bits per heavy atom. The molecule has 0 aliphatic heterocycles. The van der Waals surface area contributed by atoms with Crippen molar-refractivity contribution in [3.63, 3.8) is 0 Å². The Hall–Kier alpha value is 0.0649. The predicted octanol–water partition coefficient (Wildman–Crippen LogP) is 3.04. The highest BCUT2D eigenvalue weighted by molar-refractivity contribution is 6.12. The molecule has 0 saturated carbocycles. The lowest BCUT2D eigenvalue weighted by Crippen LogP contribution is -2.16. The van der Waals surface area contributed by atoms with Crippen molar-refractivity contribution in [1.29, 1.82) is 0 Å². The molecule has 0 rings (SSSR count). The van der Waals surface area contributed by atoms with Crippen molar-refractivity contribution in [3.8, 4) is 0 Å². The third kappa shape index (κ3) is 3.97. The van der Waals surface area contributed by atoms with E-state index in [1.54, 1.807) is 0 Å². The van der Waals surface area contributed by atoms with Crippen LogP contribution in [0.1, 0.15) is 41.0 Å². The van der Waals surface area contributed by atoms with Crippen molar-refractivity contribution in [2.45, 2.75) is 46.9 Å². The summed E-state index contributed by atoms with van der Waals surface area (Å²) in [7, 11) is 5.95. The van der Waals surface area contributed by atoms with Gasteiger partial charge in [0.25, 0.3) is 0 Å². The third-order valence-electron chi connectivity index (χ3n) is 1.84. The van der Waals surface area contributed by atoms with Crippen LogP contribution in [-0.2, 0) is 0 Å². The van der Waals surface area contributed by atoms with Crippen LogP contribution in [0.5, 0.6) is 0 Å². The standard InChI is InChI=1S/C9H19B/c1-7(2)6-8(10)9(3,4)5/h7-8H,6H2,1-5H3. The molecule has 0 aliphatic carbocycles. The molecule has 0 fully saturated rings. The fourth-order valence-corrected chi connectivity index (χ4v) is 0.861. The van der Waals surface area contributed by atoms with Crippen molar-refractivity contribution in [2.24, 2.45) is 11.3 Å². The van der Waals surface area contributed by atoms with Gasteiger partial charge in [-0.05, 0) is 11.3 Å². The Morgan fingerprint density at radius 1 is 1.20 bits per heavy atom. The molecule has 0 aromatic heterocycles. The van der Waals surface area contributed by atoms with Crippen molar-refractivity contribution >= 4 is 7.85 Å². The van der Waals surface area contributed by atoms with E-state index >= 15 is 0 Å². The van der Waals surface area contributed by atoms with E-state index in [4.69, 9.17) is 7.85 Å². The quantitative estimate of drug-likeness (QED) is 0.514. The summed E-state index contributed by atoms with van der Waals surface area (Å²) >= 11 is 0. The molecule has 1 unspecified atom stereocenters. The van der Waals surface area contributed by atoms with Crippen LogP contribution in [0.3, 0.4) is 0 Å². The average molecular weight is 138 g/mol. The van der Waals surface area contributed by atoms with Gasteiger partial charge in [0.05, 0.1) is 7.85 Å². The van der Waals surface area contributed by atoms with Crippen LogP contribution >= 0.6 is 0 Å². The van der Waals surface area contributed by atoms with Crippen LogP contribution < -0.4 is 0 Å². The maximum atomic E-state index is 5.95. The maximum absolute atomic E-state index is 5.95. The van der Waals surface area contributed by atoms with Crippen molar-refractivity contribution in [1.82, 2.24) is 0 Å². The average Bonchev–Trinajstić information content (AvgIpc) is 1.60. The molecule has 0 heterocycles. The molecule has 58 valence electrons. The molecule has 10 heavy (non-hydrogen) atoms. The highest BCUT2D eigenvalue weighted by Gasteiger charge is 2.19. The molecule has 1 heteroatoms. The van der Waals surface area contributed by atoms with E-state index in [9.17, 15) is 0 Å². The second kappa shape index (κ2) is 3.45. The smallest absolute Gasteiger partial charge is 0.0706 e. The first kappa shape index (κ1) is 10.1. The van der Waals surface area contributed by atoms with E-state index in [2.05, 4.69) is 34.6 Å². The lowest BCUT2D eigenvalue weighted by molar-refractivity contribution is 0.339. The Labute approximate surface area is 66.8 Å². The zero-order valence-corrected chi connectivity index (χ0v) is 7.94. The van der Waals surface area contributed by atoms with Crippen molar-refractivity contribution < 1.29 is 0 Å². The van der Waals surface area contributed by atoms with E-state index in [1.807, 2.05) is 0 Å². The highest BCUT2D eigenvalue weighted by atomic mass is 14.2. The van der Waals surface area contributed by atoms with E-state index < -0.39 is 0 Å². The molecular formula is C9H19B. The summed E-state index contributed by atoms with van der Waals surface area (Å²) < 4.78 is 0. The second-order valence-corrected chi connectivity index (χ2v) is 4.60. The van der Waals surface area contributed by atoms with Crippen LogP contribution in [-0.4, -0.2) is 7.85 Å². The number of rotatable bonds is 2. The molecule has 0 aromatic carbocycles. The van der Waals surface area contributed by atoms with Crippen molar-refractivity contribution in [3.05, 3.63) is 0 Å². The van der Waals surface area contributed by atoms with E-state index in [0.29, 0.717) is 11.7 Å². The first-order valence-electron chi connectivity index (χ1n) is 4.09. The van der Waals surface area contributed by atoms with Gasteiger partial charge >= 0.3 is 0 Å². The first-order valence-corrected chi connectivity index (χ1v) is 4.09. The van der Waals surface area contributed by atoms with Gasteiger partial charge in [0.1, 0.15) is 0 Å². The summed E-state index contributed by atoms with van der Waals surface area (Å²) in [6.45, 7) is 11.0. The SMILES string of the molecule is [B]C(CC(C)C)C(C)(C)C. The Balaban J connectivity index is 3.73. The summed E-state index contributed by atoms with van der Waals surface area (Å²) in [6.07, 6.45) is 1.13. The second-order valence-electron chi connectivity index (χ2n) is 4.60. The monoisotopic (exact) mass is 138 g/mol. The summed E-state index contributed by atoms with van der Waals surface area (Å²) in [4.78, 5) is 0. The minimum atomic E-state index is 0.268. The summed E-state index contributed by atoms with van der Waals surface area (Å²) in [6, 6.07) is 0. The van der Waals surface area contributed by atoms with Crippen molar-refractivity contribution in [2.75, 3.05) is 0 Å². The van der Waals surface area contributed by atoms with E-state index in [-0.39, 0.29) is 5.41 Å². The van der Waals surface area contributed by atoms with Gasteiger partial charge in [0.2, 0.25) is 0 Å². The number of hydrogen-bond acceptors (Lipinski definition) is 0. The van der Waals surface area contributed by atoms with Gasteiger partial charge in [0, 0.05) is 0 Å². The van der Waals surface area contributed by atoms with Crippen LogP contribution in [0.25, 0.3) is 0 Å². The Bertz CT molecular complexity index is 89.4. The first-order chi connectivity index (χ1) is 4.34. The molecule has 0 nitrogen and oxygen atoms in total. The zero-order valence-electron chi connectivity index (χ0n) is 7.94. The molecule has 0 aromatic rings. The molecule has 0 amide bonds. The zero-order chi connectivity index (χ0) is 8.36. The lowest BCUT2D eigenvalue weighted by Gasteiger charge is -2.29. The van der Waals surface area contributed by atoms with Gasteiger partial charge in [-0.1, -0.05) is 46.9 Å². The van der Waals surface area contributed by atoms with Gasteiger partial charge in [-0.2, -0.15) is 0 Å². The molecule has 0 bridgehead atoms. The summed E-state index contributed by atoms with van der Waals surface area (Å²) in [5.74, 6) is 1.06. The molecule has 2 radical (unpaired) electrons. The summed E-state index contributed by atoms with van der Waals surface area (Å²) in [5.41, 5.74) is 0.268. The molecular weight excluding hydrogens is 119 g/mol. The van der Waals surface area contributed by atoms with Crippen LogP contribution in [0.2, 0.25) is 5.82 Å². The highest BCUT2D eigenvalue weighted by Crippen LogP contribution is 2.33. The largest absolute Gasteiger partial charge is 0.0724 e. The van der Waals surface area contributed by atoms with Crippen LogP contribution in [0, 0.1) is 11.3 Å². The van der Waals surface area contributed by atoms with E-state index in [1.165, 1.54) is 0 Å². The molecule has 1 atom stereocenters. The molecule has 0 saturated heterocycles. The van der Waals surface area contributed by atoms with Gasteiger partial charge in [-0.15, -0.1) is 0 Å². The Morgan fingerprint density at radius 2 is 1.60 bits per heavy atom. The van der Waals surface area contributed by atoms with Gasteiger partial charge in [0.15, 0.2) is 0 Å². The topological polar surface area (TPSA) is 0 Å². The fourth-order valence-electron chi connectivity index (χ4n) is 0.861. The van der Waals surface area contributed by atoms with Gasteiger partial charge < -0.3 is 0 Å². The summed E-state index contributed by atoms with van der Waals surface area (Å²) in [5, 5.41) is 0. The Kier molecular flexibility index (Phi) is 3.48. The predicted molar refractivity (Wildman–Crippen MR) is 48.4 cm³/mol. The normalized spacial score (nSPS) is 15.8. The molecule has 0 N–H and O–H groups in total. The van der Waals surface area contributed by atoms with E-state index in [0.717, 1.165) is 6.42 Å². The molecule has 0 spiro atoms. The number of hydrogen-bond donors (Lipinski definition) is 0. The van der Waals surface area contributed by atoms with Crippen LogP contribution in [0.15, 0.2) is 0 Å².